The SMILES string of the molecule is CCCc1ccc2c(N)c(C(=O)NCCc3ccc(N4CCN(C(=O)OC(C)(C)C)[C@H](C(=O)OC)C4)cc3)sc2n1. The number of aromatic nitrogens is 1. The van der Waals surface area contributed by atoms with E-state index < -0.39 is 23.7 Å². The van der Waals surface area contributed by atoms with Gasteiger partial charge in [-0.1, -0.05) is 25.5 Å². The van der Waals surface area contributed by atoms with Gasteiger partial charge in [-0.2, -0.15) is 0 Å². The predicted octanol–water partition coefficient (Wildman–Crippen LogP) is 4.40. The number of esters is 1. The van der Waals surface area contributed by atoms with Crippen LogP contribution in [0.2, 0.25) is 0 Å². The van der Waals surface area contributed by atoms with Gasteiger partial charge in [0.15, 0.2) is 6.04 Å². The van der Waals surface area contributed by atoms with Gasteiger partial charge in [-0.25, -0.2) is 14.6 Å². The Morgan fingerprint density at radius 3 is 2.49 bits per heavy atom. The van der Waals surface area contributed by atoms with Gasteiger partial charge in [0.05, 0.1) is 12.8 Å². The number of anilines is 2. The van der Waals surface area contributed by atoms with E-state index in [2.05, 4.69) is 22.1 Å². The lowest BCUT2D eigenvalue weighted by molar-refractivity contribution is -0.147. The molecular formula is C30H39N5O5S. The summed E-state index contributed by atoms with van der Waals surface area (Å²) in [7, 11) is 1.32. The lowest BCUT2D eigenvalue weighted by atomic mass is 10.1. The highest BCUT2D eigenvalue weighted by Gasteiger charge is 2.38. The van der Waals surface area contributed by atoms with Crippen molar-refractivity contribution in [2.45, 2.75) is 58.6 Å². The quantitative estimate of drug-likeness (QED) is 0.375. The number of ether oxygens (including phenoxy) is 2. The molecule has 1 aliphatic rings. The van der Waals surface area contributed by atoms with Gasteiger partial charge in [0.1, 0.15) is 15.3 Å². The summed E-state index contributed by atoms with van der Waals surface area (Å²) in [6.07, 6.45) is 2.02. The van der Waals surface area contributed by atoms with Crippen molar-refractivity contribution in [1.82, 2.24) is 15.2 Å². The first-order valence-electron chi connectivity index (χ1n) is 13.9. The number of thiophene rings is 1. The number of piperazine rings is 1. The number of rotatable bonds is 8. The van der Waals surface area contributed by atoms with Crippen molar-refractivity contribution < 1.29 is 23.9 Å². The molecule has 0 radical (unpaired) electrons. The van der Waals surface area contributed by atoms with Crippen molar-refractivity contribution in [3.63, 3.8) is 0 Å². The van der Waals surface area contributed by atoms with Crippen molar-refractivity contribution in [3.05, 3.63) is 52.5 Å². The maximum Gasteiger partial charge on any atom is 0.411 e. The number of nitrogen functional groups attached to an aromatic ring is 1. The van der Waals surface area contributed by atoms with Crippen LogP contribution in [-0.4, -0.2) is 72.8 Å². The van der Waals surface area contributed by atoms with Gasteiger partial charge in [-0.15, -0.1) is 11.3 Å². The zero-order valence-corrected chi connectivity index (χ0v) is 25.2. The van der Waals surface area contributed by atoms with Gasteiger partial charge in [0, 0.05) is 42.9 Å². The minimum atomic E-state index is -0.770. The molecule has 4 rings (SSSR count). The third-order valence-electron chi connectivity index (χ3n) is 6.85. The second kappa shape index (κ2) is 12.8. The molecule has 1 atom stereocenters. The van der Waals surface area contributed by atoms with E-state index in [-0.39, 0.29) is 5.91 Å². The minimum Gasteiger partial charge on any atom is -0.467 e. The van der Waals surface area contributed by atoms with Crippen molar-refractivity contribution in [2.24, 2.45) is 0 Å². The molecule has 0 aliphatic carbocycles. The fourth-order valence-electron chi connectivity index (χ4n) is 4.77. The zero-order chi connectivity index (χ0) is 29.7. The molecule has 0 unspecified atom stereocenters. The molecule has 0 bridgehead atoms. The topological polar surface area (TPSA) is 127 Å². The monoisotopic (exact) mass is 581 g/mol. The number of nitrogens with two attached hydrogens (primary N) is 1. The molecule has 41 heavy (non-hydrogen) atoms. The number of carbonyl (C=O) groups is 3. The second-order valence-corrected chi connectivity index (χ2v) is 12.1. The number of hydrogen-bond acceptors (Lipinski definition) is 9. The summed E-state index contributed by atoms with van der Waals surface area (Å²) in [5, 5.41) is 3.79. The van der Waals surface area contributed by atoms with Crippen LogP contribution >= 0.6 is 11.3 Å². The Balaban J connectivity index is 1.34. The second-order valence-electron chi connectivity index (χ2n) is 11.1. The molecule has 1 saturated heterocycles. The number of methoxy groups -OCH3 is 1. The molecule has 3 heterocycles. The molecule has 1 fully saturated rings. The van der Waals surface area contributed by atoms with E-state index in [1.165, 1.54) is 23.3 Å². The summed E-state index contributed by atoms with van der Waals surface area (Å²) in [6.45, 7) is 9.12. The van der Waals surface area contributed by atoms with Gasteiger partial charge >= 0.3 is 12.1 Å². The Labute approximate surface area is 244 Å². The average Bonchev–Trinajstić information content (AvgIpc) is 3.27. The van der Waals surface area contributed by atoms with Gasteiger partial charge < -0.3 is 25.4 Å². The maximum atomic E-state index is 12.9. The molecule has 3 N–H and O–H groups in total. The van der Waals surface area contributed by atoms with E-state index in [1.54, 1.807) is 20.8 Å². The minimum absolute atomic E-state index is 0.198. The lowest BCUT2D eigenvalue weighted by Crippen LogP contribution is -2.59. The number of pyridine rings is 1. The van der Waals surface area contributed by atoms with Crippen LogP contribution in [0.1, 0.15) is 55.0 Å². The smallest absolute Gasteiger partial charge is 0.411 e. The predicted molar refractivity (Wildman–Crippen MR) is 161 cm³/mol. The number of hydrogen-bond donors (Lipinski definition) is 2. The Morgan fingerprint density at radius 1 is 1.10 bits per heavy atom. The van der Waals surface area contributed by atoms with Gasteiger partial charge in [-0.05, 0) is 63.4 Å². The highest BCUT2D eigenvalue weighted by molar-refractivity contribution is 7.21. The van der Waals surface area contributed by atoms with Crippen LogP contribution in [0.25, 0.3) is 10.2 Å². The Bertz CT molecular complexity index is 1400. The molecule has 10 nitrogen and oxygen atoms in total. The first-order chi connectivity index (χ1) is 19.5. The third-order valence-corrected chi connectivity index (χ3v) is 7.96. The van der Waals surface area contributed by atoms with E-state index in [4.69, 9.17) is 15.2 Å². The van der Waals surface area contributed by atoms with Crippen LogP contribution in [0.3, 0.4) is 0 Å². The number of amides is 2. The van der Waals surface area contributed by atoms with E-state index in [0.717, 1.165) is 40.0 Å². The highest BCUT2D eigenvalue weighted by Crippen LogP contribution is 2.32. The summed E-state index contributed by atoms with van der Waals surface area (Å²) >= 11 is 1.33. The van der Waals surface area contributed by atoms with Gasteiger partial charge in [0.25, 0.3) is 5.91 Å². The van der Waals surface area contributed by atoms with E-state index in [0.29, 0.717) is 43.2 Å². The lowest BCUT2D eigenvalue weighted by Gasteiger charge is -2.41. The molecular weight excluding hydrogens is 542 g/mol. The fraction of sp³-hybridized carbons (Fsp3) is 0.467. The normalized spacial score (nSPS) is 15.6. The number of benzene rings is 1. The Morgan fingerprint density at radius 2 is 1.83 bits per heavy atom. The highest BCUT2D eigenvalue weighted by atomic mass is 32.1. The largest absolute Gasteiger partial charge is 0.467 e. The van der Waals surface area contributed by atoms with Crippen molar-refractivity contribution in [2.75, 3.05) is 43.9 Å². The molecule has 11 heteroatoms. The first kappa shape index (κ1) is 30.1. The summed E-state index contributed by atoms with van der Waals surface area (Å²) in [6, 6.07) is 11.1. The molecule has 220 valence electrons. The number of carbonyl (C=O) groups excluding carboxylic acids is 3. The van der Waals surface area contributed by atoms with Crippen LogP contribution in [-0.2, 0) is 27.1 Å². The van der Waals surface area contributed by atoms with E-state index in [1.807, 2.05) is 36.4 Å². The molecule has 2 amide bonds. The van der Waals surface area contributed by atoms with Crippen LogP contribution < -0.4 is 16.0 Å². The molecule has 2 aromatic heterocycles. The van der Waals surface area contributed by atoms with Crippen molar-refractivity contribution in [1.29, 1.82) is 0 Å². The van der Waals surface area contributed by atoms with Crippen LogP contribution in [0.4, 0.5) is 16.2 Å². The third kappa shape index (κ3) is 7.27. The van der Waals surface area contributed by atoms with Gasteiger partial charge in [0.2, 0.25) is 0 Å². The summed E-state index contributed by atoms with van der Waals surface area (Å²) in [5.41, 5.74) is 9.07. The van der Waals surface area contributed by atoms with Crippen molar-refractivity contribution >= 4 is 50.9 Å². The molecule has 0 saturated carbocycles. The van der Waals surface area contributed by atoms with E-state index >= 15 is 0 Å². The number of aryl methyl sites for hydroxylation is 1. The number of nitrogens with one attached hydrogen (secondary N) is 1. The van der Waals surface area contributed by atoms with Crippen LogP contribution in [0.5, 0.6) is 0 Å². The number of fused-ring (bicyclic) bond motifs is 1. The molecule has 3 aromatic rings. The van der Waals surface area contributed by atoms with Crippen LogP contribution in [0, 0.1) is 0 Å². The Hall–Kier alpha value is -3.86. The molecule has 0 spiro atoms. The number of nitrogens with zero attached hydrogens (tertiary/aromatic N) is 3. The fourth-order valence-corrected chi connectivity index (χ4v) is 5.80. The summed E-state index contributed by atoms with van der Waals surface area (Å²) in [4.78, 5) is 47.5. The Kier molecular flexibility index (Phi) is 9.37. The van der Waals surface area contributed by atoms with E-state index in [9.17, 15) is 14.4 Å². The zero-order valence-electron chi connectivity index (χ0n) is 24.4. The summed E-state index contributed by atoms with van der Waals surface area (Å²) in [5.74, 6) is -0.680. The molecule has 1 aliphatic heterocycles. The average molecular weight is 582 g/mol. The standard InChI is InChI=1S/C30H39N5O5S/c1-6-7-20-10-13-22-24(31)25(41-27(22)33-20)26(36)32-15-14-19-8-11-21(12-9-19)34-16-17-35(23(18-34)28(37)39-5)29(38)40-30(2,3)4/h8-13,23H,6-7,14-18,31H2,1-5H3,(H,32,36)/t23-/m0/s1. The summed E-state index contributed by atoms with van der Waals surface area (Å²) < 4.78 is 10.5. The maximum absolute atomic E-state index is 12.9. The first-order valence-corrected chi connectivity index (χ1v) is 14.7. The van der Waals surface area contributed by atoms with Crippen LogP contribution in [0.15, 0.2) is 36.4 Å². The van der Waals surface area contributed by atoms with Crippen molar-refractivity contribution in [3.8, 4) is 0 Å². The molecule has 1 aromatic carbocycles. The van der Waals surface area contributed by atoms with Gasteiger partial charge in [-0.3, -0.25) is 9.69 Å².